The second kappa shape index (κ2) is 10.3. The summed E-state index contributed by atoms with van der Waals surface area (Å²) in [5.74, 6) is -2.05. The lowest BCUT2D eigenvalue weighted by molar-refractivity contribution is -0.139. The van der Waals surface area contributed by atoms with Crippen LogP contribution < -0.4 is 20.7 Å². The van der Waals surface area contributed by atoms with Gasteiger partial charge >= 0.3 is 5.97 Å². The van der Waals surface area contributed by atoms with Gasteiger partial charge in [0, 0.05) is 57.5 Å². The molecule has 5 rings (SSSR count). The van der Waals surface area contributed by atoms with E-state index in [-0.39, 0.29) is 17.4 Å². The maximum atomic E-state index is 14.4. The summed E-state index contributed by atoms with van der Waals surface area (Å²) in [6, 6.07) is 7.24. The fourth-order valence-corrected chi connectivity index (χ4v) is 4.08. The van der Waals surface area contributed by atoms with Crippen LogP contribution in [-0.2, 0) is 4.79 Å². The summed E-state index contributed by atoms with van der Waals surface area (Å²) in [7, 11) is 0. The molecule has 194 valence electrons. The maximum Gasteiger partial charge on any atom is 0.341 e. The van der Waals surface area contributed by atoms with E-state index in [1.54, 1.807) is 29.4 Å². The molecule has 3 aromatic heterocycles. The van der Waals surface area contributed by atoms with Crippen molar-refractivity contribution in [1.29, 1.82) is 0 Å². The molecule has 0 unspecified atom stereocenters. The second-order valence-electron chi connectivity index (χ2n) is 8.35. The van der Waals surface area contributed by atoms with Gasteiger partial charge in [-0.3, -0.25) is 4.90 Å². The molecule has 1 aliphatic rings. The van der Waals surface area contributed by atoms with E-state index in [9.17, 15) is 13.6 Å². The van der Waals surface area contributed by atoms with Gasteiger partial charge in [0.05, 0.1) is 12.0 Å². The minimum atomic E-state index is -1.25. The number of benzene rings is 1. The number of fused-ring (bicyclic) bond motifs is 1. The molecule has 14 heteroatoms. The summed E-state index contributed by atoms with van der Waals surface area (Å²) in [6.07, 6.45) is 1.56. The van der Waals surface area contributed by atoms with Crippen molar-refractivity contribution in [2.24, 2.45) is 0 Å². The largest absolute Gasteiger partial charge is 0.479 e. The van der Waals surface area contributed by atoms with E-state index < -0.39 is 24.2 Å². The summed E-state index contributed by atoms with van der Waals surface area (Å²) in [4.78, 5) is 23.4. The predicted octanol–water partition coefficient (Wildman–Crippen LogP) is 1.94. The topological polar surface area (TPSA) is 147 Å². The summed E-state index contributed by atoms with van der Waals surface area (Å²) < 4.78 is 40.1. The van der Waals surface area contributed by atoms with Gasteiger partial charge in [-0.25, -0.2) is 13.6 Å². The molecule has 0 saturated carbocycles. The molecule has 0 bridgehead atoms. The Morgan fingerprint density at radius 1 is 1.16 bits per heavy atom. The van der Waals surface area contributed by atoms with E-state index in [4.69, 9.17) is 20.0 Å². The van der Waals surface area contributed by atoms with Gasteiger partial charge in [-0.05, 0) is 12.1 Å². The molecular formula is C23H24F2N8O4. The molecule has 0 spiro atoms. The minimum absolute atomic E-state index is 0.173. The number of carboxylic acids is 1. The number of ether oxygens (including phenoxy) is 1. The molecule has 4 aromatic rings. The number of carboxylic acid groups (broad SMARTS) is 1. The number of halogens is 2. The standard InChI is InChI=1S/C23H24F2N8O4/c24-14-10-15(25)19(37-13-21(34)35)12-17(14)32-7-5-31(6-8-32)4-3-27-23-28-20-11-16(18-2-1-9-36-18)30-33(20)22(26)29-23/h1-2,9-12H,3-8,13H2,(H,34,35)(H3,26,27,28,29). The molecule has 0 radical (unpaired) electrons. The van der Waals surface area contributed by atoms with Crippen LogP contribution in [0.15, 0.2) is 41.0 Å². The van der Waals surface area contributed by atoms with Gasteiger partial charge < -0.3 is 30.2 Å². The van der Waals surface area contributed by atoms with Crippen molar-refractivity contribution < 1.29 is 27.8 Å². The lowest BCUT2D eigenvalue weighted by Crippen LogP contribution is -2.48. The summed E-state index contributed by atoms with van der Waals surface area (Å²) in [5, 5.41) is 16.3. The van der Waals surface area contributed by atoms with E-state index >= 15 is 0 Å². The third-order valence-corrected chi connectivity index (χ3v) is 5.90. The van der Waals surface area contributed by atoms with Crippen LogP contribution in [0.5, 0.6) is 5.75 Å². The Morgan fingerprint density at radius 3 is 2.70 bits per heavy atom. The summed E-state index contributed by atoms with van der Waals surface area (Å²) in [5.41, 5.74) is 7.35. The van der Waals surface area contributed by atoms with Crippen molar-refractivity contribution >= 4 is 29.2 Å². The summed E-state index contributed by atoms with van der Waals surface area (Å²) >= 11 is 0. The van der Waals surface area contributed by atoms with Crippen molar-refractivity contribution in [2.75, 3.05) is 61.8 Å². The highest BCUT2D eigenvalue weighted by Gasteiger charge is 2.22. The van der Waals surface area contributed by atoms with Crippen LogP contribution in [0, 0.1) is 11.6 Å². The third-order valence-electron chi connectivity index (χ3n) is 5.90. The van der Waals surface area contributed by atoms with Gasteiger partial charge in [-0.2, -0.15) is 19.6 Å². The van der Waals surface area contributed by atoms with Crippen LogP contribution in [0.4, 0.5) is 26.4 Å². The molecule has 1 aromatic carbocycles. The number of nitrogens with two attached hydrogens (primary N) is 1. The first kappa shape index (κ1) is 24.2. The Hall–Kier alpha value is -4.46. The van der Waals surface area contributed by atoms with Gasteiger partial charge in [-0.1, -0.05) is 0 Å². The van der Waals surface area contributed by atoms with Crippen LogP contribution >= 0.6 is 0 Å². The Labute approximate surface area is 209 Å². The first-order chi connectivity index (χ1) is 17.9. The smallest absolute Gasteiger partial charge is 0.341 e. The third kappa shape index (κ3) is 5.38. The number of rotatable bonds is 9. The SMILES string of the molecule is Nc1nc(NCCN2CCN(c3cc(OCC(=O)O)c(F)cc3F)CC2)nc2cc(-c3ccco3)nn12. The molecule has 4 N–H and O–H groups in total. The van der Waals surface area contributed by atoms with Crippen LogP contribution in [-0.4, -0.2) is 81.4 Å². The summed E-state index contributed by atoms with van der Waals surface area (Å²) in [6.45, 7) is 2.80. The monoisotopic (exact) mass is 514 g/mol. The molecule has 12 nitrogen and oxygen atoms in total. The molecule has 0 aliphatic carbocycles. The van der Waals surface area contributed by atoms with Crippen molar-refractivity contribution in [3.05, 3.63) is 48.2 Å². The normalized spacial score (nSPS) is 14.3. The first-order valence-corrected chi connectivity index (χ1v) is 11.5. The number of anilines is 3. The first-order valence-electron chi connectivity index (χ1n) is 11.5. The molecule has 1 aliphatic heterocycles. The van der Waals surface area contributed by atoms with E-state index in [1.165, 1.54) is 10.6 Å². The van der Waals surface area contributed by atoms with Gasteiger partial charge in [0.1, 0.15) is 11.5 Å². The van der Waals surface area contributed by atoms with Crippen LogP contribution in [0.25, 0.3) is 17.1 Å². The van der Waals surface area contributed by atoms with Gasteiger partial charge in [-0.15, -0.1) is 0 Å². The molecule has 4 heterocycles. The molecule has 37 heavy (non-hydrogen) atoms. The van der Waals surface area contributed by atoms with E-state index in [0.29, 0.717) is 68.4 Å². The fraction of sp³-hybridized carbons (Fsp3) is 0.304. The second-order valence-corrected chi connectivity index (χ2v) is 8.35. The van der Waals surface area contributed by atoms with Crippen LogP contribution in [0.1, 0.15) is 0 Å². The molecule has 0 amide bonds. The van der Waals surface area contributed by atoms with E-state index in [2.05, 4.69) is 25.3 Å². The van der Waals surface area contributed by atoms with Crippen LogP contribution in [0.3, 0.4) is 0 Å². The Balaban J connectivity index is 1.15. The molecular weight excluding hydrogens is 490 g/mol. The van der Waals surface area contributed by atoms with Crippen molar-refractivity contribution in [3.63, 3.8) is 0 Å². The zero-order valence-electron chi connectivity index (χ0n) is 19.6. The quantitative estimate of drug-likeness (QED) is 0.301. The number of nitrogens with zero attached hydrogens (tertiary/aromatic N) is 6. The highest BCUT2D eigenvalue weighted by atomic mass is 19.1. The molecule has 1 fully saturated rings. The number of piperazine rings is 1. The number of carbonyl (C=O) groups is 1. The van der Waals surface area contributed by atoms with E-state index in [1.807, 2.05) is 0 Å². The van der Waals surface area contributed by atoms with Gasteiger partial charge in [0.25, 0.3) is 0 Å². The fourth-order valence-electron chi connectivity index (χ4n) is 4.08. The van der Waals surface area contributed by atoms with Gasteiger partial charge in [0.15, 0.2) is 29.6 Å². The Morgan fingerprint density at radius 2 is 1.97 bits per heavy atom. The lowest BCUT2D eigenvalue weighted by atomic mass is 10.2. The molecule has 1 saturated heterocycles. The lowest BCUT2D eigenvalue weighted by Gasteiger charge is -2.36. The number of aromatic nitrogens is 4. The number of hydrogen-bond acceptors (Lipinski definition) is 10. The minimum Gasteiger partial charge on any atom is -0.479 e. The maximum absolute atomic E-state index is 14.4. The van der Waals surface area contributed by atoms with E-state index in [0.717, 1.165) is 0 Å². The number of nitrogens with one attached hydrogen (secondary N) is 1. The zero-order valence-corrected chi connectivity index (χ0v) is 19.6. The number of hydrogen-bond donors (Lipinski definition) is 3. The molecule has 0 atom stereocenters. The number of furan rings is 1. The highest BCUT2D eigenvalue weighted by molar-refractivity contribution is 5.68. The van der Waals surface area contributed by atoms with Crippen LogP contribution in [0.2, 0.25) is 0 Å². The zero-order chi connectivity index (χ0) is 25.9. The number of nitrogen functional groups attached to an aromatic ring is 1. The predicted molar refractivity (Wildman–Crippen MR) is 130 cm³/mol. The van der Waals surface area contributed by atoms with Crippen molar-refractivity contribution in [1.82, 2.24) is 24.5 Å². The Kier molecular flexibility index (Phi) is 6.72. The highest BCUT2D eigenvalue weighted by Crippen LogP contribution is 2.29. The van der Waals surface area contributed by atoms with Crippen molar-refractivity contribution in [3.8, 4) is 17.2 Å². The van der Waals surface area contributed by atoms with Crippen molar-refractivity contribution in [2.45, 2.75) is 0 Å². The Bertz CT molecular complexity index is 1400. The average Bonchev–Trinajstić information content (AvgIpc) is 3.54. The number of aliphatic carboxylic acids is 1. The average molecular weight is 514 g/mol. The van der Waals surface area contributed by atoms with Gasteiger partial charge in [0.2, 0.25) is 11.9 Å².